The van der Waals surface area contributed by atoms with Crippen LogP contribution >= 0.6 is 11.8 Å². The molecule has 0 spiro atoms. The van der Waals surface area contributed by atoms with E-state index < -0.39 is 0 Å². The predicted molar refractivity (Wildman–Crippen MR) is 73.1 cm³/mol. The normalized spacial score (nSPS) is 10.7. The lowest BCUT2D eigenvalue weighted by molar-refractivity contribution is 0.726. The predicted octanol–water partition coefficient (Wildman–Crippen LogP) is 2.26. The molecule has 16 heavy (non-hydrogen) atoms. The van der Waals surface area contributed by atoms with E-state index in [1.807, 2.05) is 30.4 Å². The summed E-state index contributed by atoms with van der Waals surface area (Å²) in [6, 6.07) is 0. The van der Waals surface area contributed by atoms with Gasteiger partial charge in [0.05, 0.1) is 11.4 Å². The summed E-state index contributed by atoms with van der Waals surface area (Å²) in [7, 11) is 1.92. The van der Waals surface area contributed by atoms with Crippen LogP contribution in [0.3, 0.4) is 0 Å². The molecule has 5 heteroatoms. The van der Waals surface area contributed by atoms with Gasteiger partial charge in [0, 0.05) is 13.6 Å². The molecule has 1 rings (SSSR count). The van der Waals surface area contributed by atoms with Crippen molar-refractivity contribution in [2.45, 2.75) is 26.2 Å². The number of hydrogen-bond acceptors (Lipinski definition) is 4. The summed E-state index contributed by atoms with van der Waals surface area (Å²) in [5.74, 6) is 2.20. The minimum absolute atomic E-state index is 0.770. The van der Waals surface area contributed by atoms with E-state index in [1.54, 1.807) is 0 Å². The highest BCUT2D eigenvalue weighted by atomic mass is 32.2. The molecule has 0 saturated carbocycles. The van der Waals surface area contributed by atoms with Crippen molar-refractivity contribution in [1.29, 1.82) is 0 Å². The summed E-state index contributed by atoms with van der Waals surface area (Å²) < 4.78 is 1.81. The van der Waals surface area contributed by atoms with E-state index in [2.05, 4.69) is 16.7 Å². The van der Waals surface area contributed by atoms with Gasteiger partial charge in [0.1, 0.15) is 5.82 Å². The number of unbranched alkanes of at least 4 members (excludes halogenated alkanes) is 2. The first-order valence-corrected chi connectivity index (χ1v) is 7.08. The first-order valence-electron chi connectivity index (χ1n) is 5.68. The third-order valence-electron chi connectivity index (χ3n) is 2.59. The largest absolute Gasteiger partial charge is 0.394 e. The Bertz CT molecular complexity index is 322. The fourth-order valence-electron chi connectivity index (χ4n) is 1.64. The topological polar surface area (TPSA) is 55.9 Å². The zero-order chi connectivity index (χ0) is 12.0. The van der Waals surface area contributed by atoms with Gasteiger partial charge in [-0.3, -0.25) is 4.68 Å². The molecule has 0 bridgehead atoms. The number of aromatic nitrogens is 2. The van der Waals surface area contributed by atoms with Gasteiger partial charge >= 0.3 is 0 Å². The average molecular weight is 242 g/mol. The molecule has 92 valence electrons. The standard InChI is InChI=1S/C11H22N4S/c1-9-10(12)11(15(2)14-9)13-7-5-4-6-8-16-3/h13H,4-8,12H2,1-3H3. The summed E-state index contributed by atoms with van der Waals surface area (Å²) in [5.41, 5.74) is 7.58. The van der Waals surface area contributed by atoms with Crippen molar-refractivity contribution in [1.82, 2.24) is 9.78 Å². The zero-order valence-electron chi connectivity index (χ0n) is 10.4. The first kappa shape index (κ1) is 13.2. The van der Waals surface area contributed by atoms with Crippen LogP contribution in [-0.4, -0.2) is 28.3 Å². The van der Waals surface area contributed by atoms with E-state index in [0.717, 1.165) is 23.7 Å². The van der Waals surface area contributed by atoms with Crippen LogP contribution < -0.4 is 11.1 Å². The van der Waals surface area contributed by atoms with Crippen LogP contribution in [0.1, 0.15) is 25.0 Å². The van der Waals surface area contributed by atoms with Crippen LogP contribution in [0.25, 0.3) is 0 Å². The Kier molecular flexibility index (Phi) is 5.52. The fourth-order valence-corrected chi connectivity index (χ4v) is 2.13. The smallest absolute Gasteiger partial charge is 0.147 e. The summed E-state index contributed by atoms with van der Waals surface area (Å²) in [4.78, 5) is 0. The molecule has 0 aliphatic rings. The van der Waals surface area contributed by atoms with Gasteiger partial charge < -0.3 is 11.1 Å². The van der Waals surface area contributed by atoms with E-state index in [-0.39, 0.29) is 0 Å². The summed E-state index contributed by atoms with van der Waals surface area (Å²) in [6.07, 6.45) is 5.90. The summed E-state index contributed by atoms with van der Waals surface area (Å²) >= 11 is 1.91. The fraction of sp³-hybridized carbons (Fsp3) is 0.727. The lowest BCUT2D eigenvalue weighted by atomic mass is 10.2. The van der Waals surface area contributed by atoms with Gasteiger partial charge in [0.2, 0.25) is 0 Å². The van der Waals surface area contributed by atoms with Crippen LogP contribution in [0.2, 0.25) is 0 Å². The van der Waals surface area contributed by atoms with Crippen LogP contribution in [0.4, 0.5) is 11.5 Å². The minimum atomic E-state index is 0.770. The quantitative estimate of drug-likeness (QED) is 0.720. The molecule has 3 N–H and O–H groups in total. The molecule has 4 nitrogen and oxygen atoms in total. The Morgan fingerprint density at radius 2 is 2.12 bits per heavy atom. The molecule has 0 radical (unpaired) electrons. The van der Waals surface area contributed by atoms with Crippen molar-refractivity contribution < 1.29 is 0 Å². The van der Waals surface area contributed by atoms with Crippen molar-refractivity contribution in [2.24, 2.45) is 7.05 Å². The van der Waals surface area contributed by atoms with Crippen molar-refractivity contribution in [2.75, 3.05) is 29.6 Å². The second-order valence-corrected chi connectivity index (χ2v) is 4.94. The minimum Gasteiger partial charge on any atom is -0.394 e. The number of anilines is 2. The Morgan fingerprint density at radius 3 is 2.69 bits per heavy atom. The van der Waals surface area contributed by atoms with Gasteiger partial charge in [-0.2, -0.15) is 16.9 Å². The van der Waals surface area contributed by atoms with E-state index in [4.69, 9.17) is 5.73 Å². The van der Waals surface area contributed by atoms with Gasteiger partial charge in [-0.25, -0.2) is 0 Å². The van der Waals surface area contributed by atoms with Crippen LogP contribution in [0, 0.1) is 6.92 Å². The van der Waals surface area contributed by atoms with Crippen LogP contribution in [-0.2, 0) is 7.05 Å². The number of thioether (sulfide) groups is 1. The molecule has 0 unspecified atom stereocenters. The van der Waals surface area contributed by atoms with Gasteiger partial charge in [0.15, 0.2) is 0 Å². The van der Waals surface area contributed by atoms with Gasteiger partial charge in [-0.15, -0.1) is 0 Å². The molecule has 0 saturated heterocycles. The zero-order valence-corrected chi connectivity index (χ0v) is 11.2. The van der Waals surface area contributed by atoms with E-state index in [1.165, 1.54) is 25.0 Å². The molecule has 1 aromatic heterocycles. The van der Waals surface area contributed by atoms with E-state index in [9.17, 15) is 0 Å². The Balaban J connectivity index is 2.26. The molecular formula is C11H22N4S. The van der Waals surface area contributed by atoms with Crippen molar-refractivity contribution >= 4 is 23.3 Å². The maximum absolute atomic E-state index is 5.92. The highest BCUT2D eigenvalue weighted by Crippen LogP contribution is 2.20. The molecule has 0 aromatic carbocycles. The summed E-state index contributed by atoms with van der Waals surface area (Å²) in [6.45, 7) is 2.90. The molecule has 0 aliphatic carbocycles. The number of nitrogens with zero attached hydrogens (tertiary/aromatic N) is 2. The number of nitrogens with one attached hydrogen (secondary N) is 1. The molecule has 0 atom stereocenters. The Morgan fingerprint density at radius 1 is 1.38 bits per heavy atom. The Labute approximate surface area is 102 Å². The average Bonchev–Trinajstić information content (AvgIpc) is 2.49. The maximum Gasteiger partial charge on any atom is 0.147 e. The van der Waals surface area contributed by atoms with Crippen LogP contribution in [0.5, 0.6) is 0 Å². The van der Waals surface area contributed by atoms with Crippen LogP contribution in [0.15, 0.2) is 0 Å². The molecule has 1 heterocycles. The second-order valence-electron chi connectivity index (χ2n) is 3.95. The highest BCUT2D eigenvalue weighted by molar-refractivity contribution is 7.98. The maximum atomic E-state index is 5.92. The lowest BCUT2D eigenvalue weighted by Gasteiger charge is -2.07. The molecule has 0 fully saturated rings. The van der Waals surface area contributed by atoms with Crippen molar-refractivity contribution in [3.63, 3.8) is 0 Å². The number of nitrogens with two attached hydrogens (primary N) is 1. The number of hydrogen-bond donors (Lipinski definition) is 2. The van der Waals surface area contributed by atoms with Gasteiger partial charge in [-0.1, -0.05) is 6.42 Å². The number of aryl methyl sites for hydroxylation is 2. The third-order valence-corrected chi connectivity index (χ3v) is 3.28. The summed E-state index contributed by atoms with van der Waals surface area (Å²) in [5, 5.41) is 7.61. The monoisotopic (exact) mass is 242 g/mol. The third kappa shape index (κ3) is 3.63. The second kappa shape index (κ2) is 6.68. The number of rotatable bonds is 7. The van der Waals surface area contributed by atoms with E-state index in [0.29, 0.717) is 0 Å². The molecule has 1 aromatic rings. The van der Waals surface area contributed by atoms with E-state index >= 15 is 0 Å². The SMILES string of the molecule is CSCCCCCNc1c(N)c(C)nn1C. The van der Waals surface area contributed by atoms with Gasteiger partial charge in [-0.05, 0) is 31.8 Å². The number of nitrogen functional groups attached to an aromatic ring is 1. The van der Waals surface area contributed by atoms with Gasteiger partial charge in [0.25, 0.3) is 0 Å². The lowest BCUT2D eigenvalue weighted by Crippen LogP contribution is -2.08. The molecule has 0 aliphatic heterocycles. The highest BCUT2D eigenvalue weighted by Gasteiger charge is 2.08. The molecule has 0 amide bonds. The first-order chi connectivity index (χ1) is 7.66. The van der Waals surface area contributed by atoms with Crippen molar-refractivity contribution in [3.8, 4) is 0 Å². The van der Waals surface area contributed by atoms with Crippen molar-refractivity contribution in [3.05, 3.63) is 5.69 Å². The Hall–Kier alpha value is -0.840. The molecular weight excluding hydrogens is 220 g/mol.